The summed E-state index contributed by atoms with van der Waals surface area (Å²) < 4.78 is 2.05. The molecule has 3 aromatic rings. The lowest BCUT2D eigenvalue weighted by Crippen LogP contribution is -2.41. The molecule has 0 aliphatic rings. The summed E-state index contributed by atoms with van der Waals surface area (Å²) in [6.07, 6.45) is 5.87. The number of para-hydroxylation sites is 1. The Morgan fingerprint density at radius 3 is 2.70 bits per heavy atom. The van der Waals surface area contributed by atoms with Crippen molar-refractivity contribution in [3.05, 3.63) is 65.1 Å². The van der Waals surface area contributed by atoms with Crippen LogP contribution < -0.4 is 4.57 Å². The number of carbonyl (C=O) groups excluding carboxylic acids is 1. The van der Waals surface area contributed by atoms with Crippen LogP contribution in [-0.4, -0.2) is 10.8 Å². The second-order valence-electron chi connectivity index (χ2n) is 5.98. The molecule has 0 aliphatic carbocycles. The highest BCUT2D eigenvalue weighted by atomic mass is 16.1. The zero-order chi connectivity index (χ0) is 16.4. The number of nitrogens with one attached hydrogen (secondary N) is 1. The molecule has 1 N–H and O–H groups in total. The van der Waals surface area contributed by atoms with Crippen LogP contribution in [-0.2, 0) is 19.4 Å². The molecule has 0 saturated heterocycles. The van der Waals surface area contributed by atoms with E-state index in [2.05, 4.69) is 43.2 Å². The first-order chi connectivity index (χ1) is 11.1. The number of H-pyrrole nitrogens is 1. The lowest BCUT2D eigenvalue weighted by atomic mass is 10.0. The van der Waals surface area contributed by atoms with Crippen molar-refractivity contribution in [3.63, 3.8) is 0 Å². The number of rotatable bonds is 5. The van der Waals surface area contributed by atoms with Crippen LogP contribution in [0, 0.1) is 6.92 Å². The number of aryl methyl sites for hydroxylation is 3. The Bertz CT molecular complexity index is 861. The average molecular weight is 307 g/mol. The van der Waals surface area contributed by atoms with Gasteiger partial charge in [-0.1, -0.05) is 32.0 Å². The molecule has 0 aliphatic heterocycles. The van der Waals surface area contributed by atoms with Crippen LogP contribution in [0.3, 0.4) is 0 Å². The van der Waals surface area contributed by atoms with Crippen LogP contribution in [0.4, 0.5) is 0 Å². The number of carbonyl (C=O) groups is 1. The molecule has 0 atom stereocenters. The topological polar surface area (TPSA) is 36.7 Å². The molecule has 0 fully saturated rings. The molecule has 0 spiro atoms. The summed E-state index contributed by atoms with van der Waals surface area (Å²) in [6.45, 7) is 6.68. The molecule has 0 amide bonds. The fourth-order valence-corrected chi connectivity index (χ4v) is 3.03. The van der Waals surface area contributed by atoms with E-state index in [1.54, 1.807) is 0 Å². The number of ketones is 1. The summed E-state index contributed by atoms with van der Waals surface area (Å²) in [4.78, 5) is 16.1. The number of hydrogen-bond acceptors (Lipinski definition) is 1. The highest BCUT2D eigenvalue weighted by Gasteiger charge is 2.19. The molecule has 3 heteroatoms. The minimum Gasteiger partial charge on any atom is -0.360 e. The van der Waals surface area contributed by atoms with Gasteiger partial charge in [-0.05, 0) is 24.5 Å². The Kier molecular flexibility index (Phi) is 4.28. The number of Topliss-reactive ketones (excluding diaryl/α,β-unsaturated/α-hetero) is 1. The summed E-state index contributed by atoms with van der Waals surface area (Å²) >= 11 is 0. The monoisotopic (exact) mass is 307 g/mol. The maximum Gasteiger partial charge on any atom is 0.229 e. The van der Waals surface area contributed by atoms with E-state index in [4.69, 9.17) is 0 Å². The maximum absolute atomic E-state index is 12.8. The van der Waals surface area contributed by atoms with E-state index in [9.17, 15) is 4.79 Å². The zero-order valence-corrected chi connectivity index (χ0v) is 14.0. The normalized spacial score (nSPS) is 11.1. The SMILES string of the molecule is CCc1ccc(C)[n+](CC(=O)c2c[nH]c3c(CC)cccc23)c1. The highest BCUT2D eigenvalue weighted by Crippen LogP contribution is 2.22. The summed E-state index contributed by atoms with van der Waals surface area (Å²) in [5.41, 5.74) is 5.46. The smallest absolute Gasteiger partial charge is 0.229 e. The van der Waals surface area contributed by atoms with E-state index in [-0.39, 0.29) is 5.78 Å². The molecule has 2 heterocycles. The molecule has 0 bridgehead atoms. The Morgan fingerprint density at radius 2 is 1.96 bits per heavy atom. The van der Waals surface area contributed by atoms with Gasteiger partial charge in [0.2, 0.25) is 12.3 Å². The molecule has 1 aromatic carbocycles. The van der Waals surface area contributed by atoms with Gasteiger partial charge in [-0.3, -0.25) is 4.79 Å². The van der Waals surface area contributed by atoms with E-state index in [0.717, 1.165) is 35.0 Å². The third-order valence-electron chi connectivity index (χ3n) is 4.52. The fraction of sp³-hybridized carbons (Fsp3) is 0.300. The van der Waals surface area contributed by atoms with Crippen LogP contribution in [0.15, 0.2) is 42.7 Å². The molecular formula is C20H23N2O+. The lowest BCUT2D eigenvalue weighted by molar-refractivity contribution is -0.689. The van der Waals surface area contributed by atoms with Gasteiger partial charge < -0.3 is 4.98 Å². The number of hydrogen-bond donors (Lipinski definition) is 1. The number of fused-ring (bicyclic) bond motifs is 1. The van der Waals surface area contributed by atoms with Crippen molar-refractivity contribution in [2.75, 3.05) is 0 Å². The number of benzene rings is 1. The van der Waals surface area contributed by atoms with Gasteiger partial charge in [0.25, 0.3) is 0 Å². The summed E-state index contributed by atoms with van der Waals surface area (Å²) in [7, 11) is 0. The van der Waals surface area contributed by atoms with Crippen molar-refractivity contribution < 1.29 is 9.36 Å². The van der Waals surface area contributed by atoms with Crippen LogP contribution in [0.1, 0.15) is 41.0 Å². The Labute approximate surface area is 137 Å². The molecule has 118 valence electrons. The van der Waals surface area contributed by atoms with Gasteiger partial charge in [0, 0.05) is 41.2 Å². The van der Waals surface area contributed by atoms with Crippen molar-refractivity contribution >= 4 is 16.7 Å². The van der Waals surface area contributed by atoms with E-state index >= 15 is 0 Å². The molecule has 3 rings (SSSR count). The van der Waals surface area contributed by atoms with Gasteiger partial charge in [-0.15, -0.1) is 0 Å². The van der Waals surface area contributed by atoms with Crippen molar-refractivity contribution in [2.24, 2.45) is 0 Å². The molecule has 0 saturated carbocycles. The average Bonchev–Trinajstić information content (AvgIpc) is 3.01. The number of aromatic amines is 1. The zero-order valence-electron chi connectivity index (χ0n) is 14.0. The van der Waals surface area contributed by atoms with Gasteiger partial charge in [-0.25, -0.2) is 0 Å². The second kappa shape index (κ2) is 6.37. The lowest BCUT2D eigenvalue weighted by Gasteiger charge is -2.03. The van der Waals surface area contributed by atoms with E-state index in [1.807, 2.05) is 29.8 Å². The Morgan fingerprint density at radius 1 is 1.13 bits per heavy atom. The van der Waals surface area contributed by atoms with Crippen molar-refractivity contribution in [1.29, 1.82) is 0 Å². The quantitative estimate of drug-likeness (QED) is 0.565. The molecule has 0 radical (unpaired) electrons. The largest absolute Gasteiger partial charge is 0.360 e. The van der Waals surface area contributed by atoms with Gasteiger partial charge in [0.15, 0.2) is 11.9 Å². The van der Waals surface area contributed by atoms with Crippen molar-refractivity contribution in [2.45, 2.75) is 40.2 Å². The molecule has 23 heavy (non-hydrogen) atoms. The molecule has 2 aromatic heterocycles. The predicted molar refractivity (Wildman–Crippen MR) is 92.8 cm³/mol. The summed E-state index contributed by atoms with van der Waals surface area (Å²) in [6, 6.07) is 10.4. The van der Waals surface area contributed by atoms with Crippen LogP contribution >= 0.6 is 0 Å². The third kappa shape index (κ3) is 2.91. The second-order valence-corrected chi connectivity index (χ2v) is 5.98. The van der Waals surface area contributed by atoms with Gasteiger partial charge >= 0.3 is 0 Å². The fourth-order valence-electron chi connectivity index (χ4n) is 3.03. The number of pyridine rings is 1. The van der Waals surface area contributed by atoms with Crippen LogP contribution in [0.5, 0.6) is 0 Å². The van der Waals surface area contributed by atoms with Crippen LogP contribution in [0.25, 0.3) is 10.9 Å². The molecular weight excluding hydrogens is 284 g/mol. The molecule has 3 nitrogen and oxygen atoms in total. The maximum atomic E-state index is 12.8. The summed E-state index contributed by atoms with van der Waals surface area (Å²) in [5.74, 6) is 0.144. The Hall–Kier alpha value is -2.42. The van der Waals surface area contributed by atoms with Gasteiger partial charge in [0.1, 0.15) is 0 Å². The first-order valence-corrected chi connectivity index (χ1v) is 8.25. The van der Waals surface area contributed by atoms with E-state index < -0.39 is 0 Å². The first-order valence-electron chi connectivity index (χ1n) is 8.25. The number of nitrogens with zero attached hydrogens (tertiary/aromatic N) is 1. The minimum absolute atomic E-state index is 0.144. The van der Waals surface area contributed by atoms with E-state index in [1.165, 1.54) is 11.1 Å². The van der Waals surface area contributed by atoms with Crippen molar-refractivity contribution in [1.82, 2.24) is 4.98 Å². The van der Waals surface area contributed by atoms with Gasteiger partial charge in [0.05, 0.1) is 0 Å². The van der Waals surface area contributed by atoms with Gasteiger partial charge in [-0.2, -0.15) is 4.57 Å². The van der Waals surface area contributed by atoms with Crippen molar-refractivity contribution in [3.8, 4) is 0 Å². The van der Waals surface area contributed by atoms with E-state index in [0.29, 0.717) is 6.54 Å². The third-order valence-corrected chi connectivity index (χ3v) is 4.52. The molecule has 0 unspecified atom stereocenters. The minimum atomic E-state index is 0.144. The predicted octanol–water partition coefficient (Wildman–Crippen LogP) is 3.77. The Balaban J connectivity index is 1.95. The number of aromatic nitrogens is 2. The first kappa shape index (κ1) is 15.5. The highest BCUT2D eigenvalue weighted by molar-refractivity contribution is 6.07. The van der Waals surface area contributed by atoms with Crippen LogP contribution in [0.2, 0.25) is 0 Å². The summed E-state index contributed by atoms with van der Waals surface area (Å²) in [5, 5.41) is 1.03. The standard InChI is InChI=1S/C20H22N2O/c1-4-15-10-9-14(3)22(12-15)13-19(23)18-11-21-20-16(5-2)7-6-8-17(18)20/h6-12H,4-5,13H2,1-3H3/p+1.